The average molecular weight is 394 g/mol. The molecule has 1 aromatic carbocycles. The molecule has 1 atom stereocenters. The Morgan fingerprint density at radius 3 is 2.72 bits per heavy atom. The monoisotopic (exact) mass is 394 g/mol. The Kier molecular flexibility index (Phi) is 5.64. The van der Waals surface area contributed by atoms with Crippen LogP contribution in [0.4, 0.5) is 0 Å². The molecule has 0 saturated carbocycles. The largest absolute Gasteiger partial charge is 0.485 e. The second-order valence-electron chi connectivity index (χ2n) is 7.45. The van der Waals surface area contributed by atoms with Gasteiger partial charge in [0, 0.05) is 38.0 Å². The number of carbonyl (C=O) groups excluding carboxylic acids is 1. The Balaban J connectivity index is 1.47. The van der Waals surface area contributed by atoms with Crippen molar-refractivity contribution in [1.29, 1.82) is 0 Å². The first-order valence-corrected chi connectivity index (χ1v) is 10.1. The number of carbonyl (C=O) groups is 1. The third-order valence-electron chi connectivity index (χ3n) is 5.38. The highest BCUT2D eigenvalue weighted by molar-refractivity contribution is 5.94. The second-order valence-corrected chi connectivity index (χ2v) is 7.45. The van der Waals surface area contributed by atoms with E-state index in [0.717, 1.165) is 32.2 Å². The van der Waals surface area contributed by atoms with Crippen LogP contribution >= 0.6 is 0 Å². The summed E-state index contributed by atoms with van der Waals surface area (Å²) in [5, 5.41) is 3.81. The second kappa shape index (κ2) is 8.51. The van der Waals surface area contributed by atoms with Crippen molar-refractivity contribution in [2.24, 2.45) is 7.05 Å². The molecule has 3 heterocycles. The van der Waals surface area contributed by atoms with E-state index in [0.29, 0.717) is 23.0 Å². The summed E-state index contributed by atoms with van der Waals surface area (Å²) in [6, 6.07) is 11.6. The van der Waals surface area contributed by atoms with Crippen molar-refractivity contribution < 1.29 is 14.1 Å². The van der Waals surface area contributed by atoms with Crippen LogP contribution in [0.3, 0.4) is 0 Å². The zero-order valence-electron chi connectivity index (χ0n) is 16.9. The lowest BCUT2D eigenvalue weighted by atomic mass is 10.1. The first-order valence-electron chi connectivity index (χ1n) is 10.1. The minimum absolute atomic E-state index is 0.0680. The van der Waals surface area contributed by atoms with E-state index in [4.69, 9.17) is 9.26 Å². The van der Waals surface area contributed by atoms with E-state index in [1.807, 2.05) is 48.5 Å². The lowest BCUT2D eigenvalue weighted by Gasteiger charge is -2.30. The van der Waals surface area contributed by atoms with Gasteiger partial charge in [0.25, 0.3) is 5.91 Å². The van der Waals surface area contributed by atoms with E-state index in [2.05, 4.69) is 20.8 Å². The van der Waals surface area contributed by atoms with Gasteiger partial charge in [-0.1, -0.05) is 18.0 Å². The van der Waals surface area contributed by atoms with Gasteiger partial charge in [0.05, 0.1) is 6.04 Å². The van der Waals surface area contributed by atoms with Gasteiger partial charge in [-0.05, 0) is 49.2 Å². The van der Waals surface area contributed by atoms with E-state index in [-0.39, 0.29) is 18.6 Å². The normalized spacial score (nSPS) is 17.2. The first kappa shape index (κ1) is 19.2. The van der Waals surface area contributed by atoms with Gasteiger partial charge in [0.1, 0.15) is 5.75 Å². The standard InChI is InChI=1S/C22H26N4O3/c1-16-23-21(24-29-16)15-28-18-11-9-17(10-12-18)22(27)26-14-5-3-4-7-20(26)19-8-6-13-25(19)2/h6,8-13,20H,3-5,7,14-15H2,1-2H3/t20-/m0/s1. The van der Waals surface area contributed by atoms with Gasteiger partial charge >= 0.3 is 0 Å². The SMILES string of the molecule is Cc1nc(COc2ccc(C(=O)N3CCCCC[C@H]3c3cccn3C)cc2)no1. The van der Waals surface area contributed by atoms with Crippen LogP contribution in [0.15, 0.2) is 47.1 Å². The molecule has 0 aliphatic carbocycles. The molecule has 29 heavy (non-hydrogen) atoms. The third kappa shape index (κ3) is 4.34. The molecule has 152 valence electrons. The molecule has 0 bridgehead atoms. The van der Waals surface area contributed by atoms with Crippen molar-refractivity contribution in [3.8, 4) is 5.75 Å². The molecule has 3 aromatic rings. The third-order valence-corrected chi connectivity index (χ3v) is 5.38. The summed E-state index contributed by atoms with van der Waals surface area (Å²) in [7, 11) is 2.04. The van der Waals surface area contributed by atoms with Crippen molar-refractivity contribution in [1.82, 2.24) is 19.6 Å². The number of nitrogens with zero attached hydrogens (tertiary/aromatic N) is 4. The molecule has 1 saturated heterocycles. The fourth-order valence-electron chi connectivity index (χ4n) is 3.89. The van der Waals surface area contributed by atoms with Crippen LogP contribution in [-0.4, -0.2) is 32.1 Å². The highest BCUT2D eigenvalue weighted by Gasteiger charge is 2.28. The van der Waals surface area contributed by atoms with E-state index in [9.17, 15) is 4.79 Å². The topological polar surface area (TPSA) is 73.4 Å². The molecule has 0 spiro atoms. The van der Waals surface area contributed by atoms with Crippen LogP contribution < -0.4 is 4.74 Å². The number of hydrogen-bond acceptors (Lipinski definition) is 5. The zero-order chi connectivity index (χ0) is 20.2. The summed E-state index contributed by atoms with van der Waals surface area (Å²) in [5.74, 6) is 1.74. The van der Waals surface area contributed by atoms with Crippen molar-refractivity contribution in [2.75, 3.05) is 6.54 Å². The Hall–Kier alpha value is -3.09. The Morgan fingerprint density at radius 2 is 2.03 bits per heavy atom. The zero-order valence-corrected chi connectivity index (χ0v) is 16.9. The summed E-state index contributed by atoms with van der Waals surface area (Å²) in [6.07, 6.45) is 6.38. The quantitative estimate of drug-likeness (QED) is 0.653. The van der Waals surface area contributed by atoms with Gasteiger partial charge in [0.15, 0.2) is 6.61 Å². The molecule has 0 N–H and O–H groups in total. The van der Waals surface area contributed by atoms with E-state index in [1.165, 1.54) is 5.69 Å². The minimum Gasteiger partial charge on any atom is -0.485 e. The molecule has 1 aliphatic rings. The molecule has 1 aliphatic heterocycles. The van der Waals surface area contributed by atoms with E-state index in [1.54, 1.807) is 6.92 Å². The van der Waals surface area contributed by atoms with Crippen LogP contribution in [0.1, 0.15) is 59.5 Å². The summed E-state index contributed by atoms with van der Waals surface area (Å²) in [4.78, 5) is 19.5. The Bertz CT molecular complexity index is 961. The van der Waals surface area contributed by atoms with E-state index < -0.39 is 0 Å². The van der Waals surface area contributed by atoms with Crippen LogP contribution in [-0.2, 0) is 13.7 Å². The summed E-state index contributed by atoms with van der Waals surface area (Å²) in [5.41, 5.74) is 1.87. The average Bonchev–Trinajstić information content (AvgIpc) is 3.26. The van der Waals surface area contributed by atoms with Gasteiger partial charge < -0.3 is 18.7 Å². The minimum atomic E-state index is 0.0680. The molecule has 1 amide bonds. The molecule has 4 rings (SSSR count). The van der Waals surface area contributed by atoms with Gasteiger partial charge in [-0.25, -0.2) is 0 Å². The highest BCUT2D eigenvalue weighted by Crippen LogP contribution is 2.31. The lowest BCUT2D eigenvalue weighted by Crippen LogP contribution is -2.35. The van der Waals surface area contributed by atoms with Gasteiger partial charge in [-0.2, -0.15) is 4.98 Å². The molecule has 0 radical (unpaired) electrons. The van der Waals surface area contributed by atoms with Gasteiger partial charge in [-0.3, -0.25) is 4.79 Å². The summed E-state index contributed by atoms with van der Waals surface area (Å²) in [6.45, 7) is 2.75. The molecule has 7 nitrogen and oxygen atoms in total. The molecular formula is C22H26N4O3. The fraction of sp³-hybridized carbons (Fsp3) is 0.409. The maximum atomic E-state index is 13.3. The number of rotatable bonds is 5. The highest BCUT2D eigenvalue weighted by atomic mass is 16.5. The predicted molar refractivity (Wildman–Crippen MR) is 107 cm³/mol. The maximum Gasteiger partial charge on any atom is 0.254 e. The smallest absolute Gasteiger partial charge is 0.254 e. The number of ether oxygens (including phenoxy) is 1. The van der Waals surface area contributed by atoms with Crippen molar-refractivity contribution in [2.45, 2.75) is 45.3 Å². The lowest BCUT2D eigenvalue weighted by molar-refractivity contribution is 0.0674. The molecule has 1 fully saturated rings. The maximum absolute atomic E-state index is 13.3. The van der Waals surface area contributed by atoms with Crippen LogP contribution in [0.5, 0.6) is 5.75 Å². The van der Waals surface area contributed by atoms with Crippen molar-refractivity contribution in [3.63, 3.8) is 0 Å². The molecular weight excluding hydrogens is 368 g/mol. The molecule has 7 heteroatoms. The van der Waals surface area contributed by atoms with E-state index >= 15 is 0 Å². The van der Waals surface area contributed by atoms with Crippen LogP contribution in [0.2, 0.25) is 0 Å². The Labute approximate surface area is 170 Å². The number of aromatic nitrogens is 3. The molecule has 0 unspecified atom stereocenters. The number of amides is 1. The number of aryl methyl sites for hydroxylation is 2. The van der Waals surface area contributed by atoms with Crippen LogP contribution in [0.25, 0.3) is 0 Å². The predicted octanol–water partition coefficient (Wildman–Crippen LogP) is 4.05. The van der Waals surface area contributed by atoms with Crippen molar-refractivity contribution >= 4 is 5.91 Å². The van der Waals surface area contributed by atoms with Crippen molar-refractivity contribution in [3.05, 3.63) is 65.6 Å². The van der Waals surface area contributed by atoms with Gasteiger partial charge in [0.2, 0.25) is 11.7 Å². The summed E-state index contributed by atoms with van der Waals surface area (Å²) < 4.78 is 12.7. The molecule has 2 aromatic heterocycles. The number of hydrogen-bond donors (Lipinski definition) is 0. The van der Waals surface area contributed by atoms with Crippen LogP contribution in [0, 0.1) is 6.92 Å². The number of likely N-dealkylation sites (tertiary alicyclic amines) is 1. The fourth-order valence-corrected chi connectivity index (χ4v) is 3.89. The first-order chi connectivity index (χ1) is 14.1. The van der Waals surface area contributed by atoms with Gasteiger partial charge in [-0.15, -0.1) is 0 Å². The Morgan fingerprint density at radius 1 is 1.21 bits per heavy atom. The summed E-state index contributed by atoms with van der Waals surface area (Å²) >= 11 is 0. The number of benzene rings is 1.